The number of furan rings is 1. The quantitative estimate of drug-likeness (QED) is 0.142. The van der Waals surface area contributed by atoms with Crippen LogP contribution in [0.15, 0.2) is 95.7 Å². The van der Waals surface area contributed by atoms with E-state index in [0.29, 0.717) is 23.6 Å². The Morgan fingerprint density at radius 3 is 2.31 bits per heavy atom. The van der Waals surface area contributed by atoms with Crippen LogP contribution in [0.3, 0.4) is 0 Å². The maximum absolute atomic E-state index is 14.2. The van der Waals surface area contributed by atoms with E-state index in [9.17, 15) is 35.1 Å². The molecule has 0 saturated heterocycles. The predicted molar refractivity (Wildman–Crippen MR) is 146 cm³/mol. The van der Waals surface area contributed by atoms with Crippen molar-refractivity contribution >= 4 is 11.0 Å². The number of pyridine rings is 1. The summed E-state index contributed by atoms with van der Waals surface area (Å²) in [5.41, 5.74) is 1.05. The molecule has 230 valence electrons. The number of rotatable bonds is 7. The third-order valence-corrected chi connectivity index (χ3v) is 6.94. The second-order valence-corrected chi connectivity index (χ2v) is 10.1. The van der Waals surface area contributed by atoms with Crippen LogP contribution in [0, 0.1) is 11.6 Å². The van der Waals surface area contributed by atoms with Crippen LogP contribution in [0.4, 0.5) is 35.1 Å². The van der Waals surface area contributed by atoms with Crippen LogP contribution in [-0.2, 0) is 25.5 Å². The van der Waals surface area contributed by atoms with Gasteiger partial charge in [-0.1, -0.05) is 36.4 Å². The Bertz CT molecular complexity index is 1990. The molecule has 0 fully saturated rings. The van der Waals surface area contributed by atoms with E-state index in [1.54, 1.807) is 47.3 Å². The number of benzene rings is 3. The summed E-state index contributed by atoms with van der Waals surface area (Å²) in [6, 6.07) is 17.0. The number of hydrogen-bond acceptors (Lipinski definition) is 3. The first kappa shape index (κ1) is 29.9. The number of H-pyrrole nitrogens is 1. The minimum Gasteiger partial charge on any atom is -0.486 e. The van der Waals surface area contributed by atoms with E-state index in [1.807, 2.05) is 0 Å². The smallest absolute Gasteiger partial charge is 0.449 e. The number of imidazole rings is 1. The van der Waals surface area contributed by atoms with E-state index in [-0.39, 0.29) is 34.0 Å². The van der Waals surface area contributed by atoms with Crippen molar-refractivity contribution < 1.29 is 48.8 Å². The first-order valence-electron chi connectivity index (χ1n) is 13.3. The van der Waals surface area contributed by atoms with Gasteiger partial charge in [0.15, 0.2) is 30.6 Å². The Hall–Kier alpha value is -5.20. The zero-order valence-corrected chi connectivity index (χ0v) is 22.8. The molecule has 3 aromatic heterocycles. The molecule has 45 heavy (non-hydrogen) atoms. The van der Waals surface area contributed by atoms with Gasteiger partial charge < -0.3 is 14.1 Å². The summed E-state index contributed by atoms with van der Waals surface area (Å²) < 4.78 is 120. The van der Waals surface area contributed by atoms with E-state index in [0.717, 1.165) is 23.8 Å². The molecule has 0 amide bonds. The SMILES string of the molecule is Fc1cccc(-c2nc3cc[n+](Cc4ccc(-c5ccc(OCc6ccc(C(F)(F)F)o6)cc5C(F)(F)F)cc4)cc3[nH]2)c1F. The monoisotopic (exact) mass is 630 g/mol. The van der Waals surface area contributed by atoms with Crippen molar-refractivity contribution in [1.29, 1.82) is 0 Å². The topological polar surface area (TPSA) is 54.9 Å². The Labute approximate surface area is 249 Å². The van der Waals surface area contributed by atoms with E-state index in [4.69, 9.17) is 4.74 Å². The molecule has 3 aromatic carbocycles. The second kappa shape index (κ2) is 11.4. The molecule has 13 heteroatoms. The summed E-state index contributed by atoms with van der Waals surface area (Å²) in [5.74, 6) is -3.46. The molecule has 1 N–H and O–H groups in total. The molecule has 0 unspecified atom stereocenters. The highest BCUT2D eigenvalue weighted by atomic mass is 19.4. The molecule has 0 radical (unpaired) electrons. The molecule has 0 saturated carbocycles. The molecule has 0 aliphatic rings. The van der Waals surface area contributed by atoms with Gasteiger partial charge in [0.25, 0.3) is 0 Å². The normalized spacial score (nSPS) is 12.2. The fourth-order valence-corrected chi connectivity index (χ4v) is 4.78. The summed E-state index contributed by atoms with van der Waals surface area (Å²) in [4.78, 5) is 7.31. The van der Waals surface area contributed by atoms with E-state index >= 15 is 0 Å². The predicted octanol–water partition coefficient (Wildman–Crippen LogP) is 8.72. The molecule has 6 rings (SSSR count). The van der Waals surface area contributed by atoms with Crippen LogP contribution in [0.25, 0.3) is 33.5 Å². The van der Waals surface area contributed by atoms with Gasteiger partial charge in [-0.15, -0.1) is 0 Å². The van der Waals surface area contributed by atoms with Crippen LogP contribution in [0.2, 0.25) is 0 Å². The highest BCUT2D eigenvalue weighted by Gasteiger charge is 2.35. The van der Waals surface area contributed by atoms with Gasteiger partial charge in [-0.25, -0.2) is 13.8 Å². The van der Waals surface area contributed by atoms with Gasteiger partial charge >= 0.3 is 12.4 Å². The first-order chi connectivity index (χ1) is 21.3. The fourth-order valence-electron chi connectivity index (χ4n) is 4.78. The third-order valence-electron chi connectivity index (χ3n) is 6.94. The summed E-state index contributed by atoms with van der Waals surface area (Å²) in [6.45, 7) is -0.146. The number of aromatic nitrogens is 3. The van der Waals surface area contributed by atoms with Gasteiger partial charge in [0.05, 0.1) is 11.1 Å². The molecule has 5 nitrogen and oxygen atoms in total. The van der Waals surface area contributed by atoms with Crippen molar-refractivity contribution in [3.63, 3.8) is 0 Å². The van der Waals surface area contributed by atoms with E-state index < -0.39 is 41.9 Å². The fraction of sp³-hybridized carbons (Fsp3) is 0.125. The molecule has 0 aliphatic heterocycles. The van der Waals surface area contributed by atoms with Crippen LogP contribution < -0.4 is 9.30 Å². The minimum atomic E-state index is -4.75. The number of hydrogen-bond donors (Lipinski definition) is 1. The van der Waals surface area contributed by atoms with Crippen LogP contribution in [0.5, 0.6) is 5.75 Å². The maximum Gasteiger partial charge on any atom is 0.449 e. The number of halogens is 8. The average molecular weight is 631 g/mol. The molecule has 0 aliphatic carbocycles. The van der Waals surface area contributed by atoms with Crippen LogP contribution in [0.1, 0.15) is 22.6 Å². The molecule has 0 bridgehead atoms. The van der Waals surface area contributed by atoms with Gasteiger partial charge in [0, 0.05) is 11.6 Å². The number of nitrogens with one attached hydrogen (secondary N) is 1. The van der Waals surface area contributed by atoms with Crippen molar-refractivity contribution in [2.45, 2.75) is 25.5 Å². The number of ether oxygens (including phenoxy) is 1. The van der Waals surface area contributed by atoms with Crippen LogP contribution >= 0.6 is 0 Å². The van der Waals surface area contributed by atoms with E-state index in [1.165, 1.54) is 24.3 Å². The molecular weight excluding hydrogens is 610 g/mol. The van der Waals surface area contributed by atoms with Gasteiger partial charge in [-0.05, 0) is 47.5 Å². The summed E-state index contributed by atoms with van der Waals surface area (Å²) in [5, 5.41) is 0. The first-order valence-corrected chi connectivity index (χ1v) is 13.3. The highest BCUT2D eigenvalue weighted by molar-refractivity contribution is 5.77. The third kappa shape index (κ3) is 6.37. The van der Waals surface area contributed by atoms with Gasteiger partial charge in [-0.3, -0.25) is 0 Å². The van der Waals surface area contributed by atoms with Crippen molar-refractivity contribution in [2.24, 2.45) is 0 Å². The van der Waals surface area contributed by atoms with Crippen LogP contribution in [-0.4, -0.2) is 9.97 Å². The lowest BCUT2D eigenvalue weighted by Crippen LogP contribution is -2.33. The van der Waals surface area contributed by atoms with Crippen molar-refractivity contribution in [2.75, 3.05) is 0 Å². The molecular formula is C32H20F8N3O2+. The largest absolute Gasteiger partial charge is 0.486 e. The zero-order chi connectivity index (χ0) is 31.9. The lowest BCUT2D eigenvalue weighted by molar-refractivity contribution is -0.687. The highest BCUT2D eigenvalue weighted by Crippen LogP contribution is 2.39. The van der Waals surface area contributed by atoms with Gasteiger partial charge in [-0.2, -0.15) is 30.9 Å². The Kier molecular flexibility index (Phi) is 7.55. The summed E-state index contributed by atoms with van der Waals surface area (Å²) >= 11 is 0. The number of fused-ring (bicyclic) bond motifs is 1. The van der Waals surface area contributed by atoms with Crippen molar-refractivity contribution in [3.05, 3.63) is 126 Å². The van der Waals surface area contributed by atoms with E-state index in [2.05, 4.69) is 14.4 Å². The summed E-state index contributed by atoms with van der Waals surface area (Å²) in [7, 11) is 0. The summed E-state index contributed by atoms with van der Waals surface area (Å²) in [6.07, 6.45) is -5.98. The number of aromatic amines is 1. The lowest BCUT2D eigenvalue weighted by Gasteiger charge is -2.15. The lowest BCUT2D eigenvalue weighted by atomic mass is 9.98. The molecule has 3 heterocycles. The average Bonchev–Trinajstić information content (AvgIpc) is 3.65. The van der Waals surface area contributed by atoms with Gasteiger partial charge in [0.2, 0.25) is 5.76 Å². The molecule has 6 aromatic rings. The number of nitrogens with zero attached hydrogens (tertiary/aromatic N) is 2. The van der Waals surface area contributed by atoms with Crippen molar-refractivity contribution in [1.82, 2.24) is 9.97 Å². The Morgan fingerprint density at radius 2 is 1.60 bits per heavy atom. The maximum atomic E-state index is 14.2. The second-order valence-electron chi connectivity index (χ2n) is 10.1. The standard InChI is InChI=1S/C32H19F8N3O2/c33-25-3-1-2-23(29(25)34)30-41-26-12-13-43(16-27(26)42-30)15-18-4-6-19(7-5-18)22-10-8-20(14-24(22)31(35,36)37)44-17-21-9-11-28(45-21)32(38,39)40/h1-14,16H,15,17H2/p+1. The Balaban J connectivity index is 1.19. The minimum absolute atomic E-state index is 0.0109. The van der Waals surface area contributed by atoms with Crippen molar-refractivity contribution in [3.8, 4) is 28.3 Å². The Morgan fingerprint density at radius 1 is 0.822 bits per heavy atom. The van der Waals surface area contributed by atoms with Gasteiger partial charge in [0.1, 0.15) is 35.0 Å². The molecule has 0 spiro atoms. The molecule has 0 atom stereocenters. The zero-order valence-electron chi connectivity index (χ0n) is 22.8. The number of alkyl halides is 6.